The van der Waals surface area contributed by atoms with Crippen molar-refractivity contribution in [2.24, 2.45) is 5.92 Å². The normalized spacial score (nSPS) is 35.4. The fraction of sp³-hybridized carbons (Fsp3) is 0.667. The molecular formula is C12H15NO5S. The van der Waals surface area contributed by atoms with Gasteiger partial charge in [0.1, 0.15) is 11.1 Å². The molecule has 0 aromatic carbocycles. The molecule has 4 atom stereocenters. The highest BCUT2D eigenvalue weighted by Crippen LogP contribution is 2.52. The number of aliphatic hydroxyl groups excluding tert-OH is 1. The van der Waals surface area contributed by atoms with E-state index in [1.54, 1.807) is 6.92 Å². The van der Waals surface area contributed by atoms with Gasteiger partial charge in [0, 0.05) is 11.5 Å². The van der Waals surface area contributed by atoms with Crippen molar-refractivity contribution in [2.75, 3.05) is 6.61 Å². The van der Waals surface area contributed by atoms with Crippen molar-refractivity contribution in [3.8, 4) is 0 Å². The summed E-state index contributed by atoms with van der Waals surface area (Å²) in [6, 6.07) is 0. The van der Waals surface area contributed by atoms with Crippen molar-refractivity contribution in [3.05, 3.63) is 10.6 Å². The van der Waals surface area contributed by atoms with E-state index < -0.39 is 18.0 Å². The summed E-state index contributed by atoms with van der Waals surface area (Å²) >= 11 is 1.35. The SMILES string of the molecule is C[C@H](O)[C@@H]1C(=O)N2C(C(=O)O)=C([C@H]3CCCO3)S[C@H]12. The number of amides is 1. The first kappa shape index (κ1) is 13.0. The first-order valence-corrected chi connectivity index (χ1v) is 7.17. The molecule has 7 heteroatoms. The number of ether oxygens (including phenoxy) is 1. The number of aliphatic carboxylic acids is 1. The Labute approximate surface area is 114 Å². The van der Waals surface area contributed by atoms with Gasteiger partial charge in [-0.05, 0) is 19.8 Å². The fourth-order valence-electron chi connectivity index (χ4n) is 2.82. The number of hydrogen-bond donors (Lipinski definition) is 2. The molecule has 3 rings (SSSR count). The summed E-state index contributed by atoms with van der Waals surface area (Å²) in [4.78, 5) is 25.3. The minimum atomic E-state index is -1.10. The third-order valence-electron chi connectivity index (χ3n) is 3.75. The molecule has 2 fully saturated rings. The van der Waals surface area contributed by atoms with Gasteiger partial charge in [-0.3, -0.25) is 9.69 Å². The van der Waals surface area contributed by atoms with E-state index in [9.17, 15) is 19.8 Å². The minimum Gasteiger partial charge on any atom is -0.477 e. The van der Waals surface area contributed by atoms with Crippen LogP contribution in [0.4, 0.5) is 0 Å². The van der Waals surface area contributed by atoms with Gasteiger partial charge in [-0.25, -0.2) is 4.79 Å². The lowest BCUT2D eigenvalue weighted by molar-refractivity contribution is -0.156. The summed E-state index contributed by atoms with van der Waals surface area (Å²) in [7, 11) is 0. The van der Waals surface area contributed by atoms with E-state index in [1.807, 2.05) is 0 Å². The van der Waals surface area contributed by atoms with Crippen LogP contribution in [0.2, 0.25) is 0 Å². The third kappa shape index (κ3) is 1.79. The maximum Gasteiger partial charge on any atom is 0.353 e. The smallest absolute Gasteiger partial charge is 0.353 e. The Hall–Kier alpha value is -1.05. The molecule has 0 aromatic heterocycles. The summed E-state index contributed by atoms with van der Waals surface area (Å²) in [5.74, 6) is -1.92. The van der Waals surface area contributed by atoms with Crippen LogP contribution in [0.15, 0.2) is 10.6 Å². The van der Waals surface area contributed by atoms with E-state index in [-0.39, 0.29) is 23.1 Å². The van der Waals surface area contributed by atoms with Crippen LogP contribution in [-0.2, 0) is 14.3 Å². The molecule has 0 saturated carbocycles. The zero-order chi connectivity index (χ0) is 13.7. The molecule has 3 heterocycles. The van der Waals surface area contributed by atoms with Gasteiger partial charge in [-0.2, -0.15) is 0 Å². The van der Waals surface area contributed by atoms with Crippen LogP contribution in [-0.4, -0.2) is 51.2 Å². The summed E-state index contributed by atoms with van der Waals surface area (Å²) in [5.41, 5.74) is 0.0452. The number of carbonyl (C=O) groups is 2. The van der Waals surface area contributed by atoms with Crippen molar-refractivity contribution in [1.82, 2.24) is 4.90 Å². The Morgan fingerprint density at radius 1 is 1.58 bits per heavy atom. The quantitative estimate of drug-likeness (QED) is 0.729. The van der Waals surface area contributed by atoms with Crippen molar-refractivity contribution < 1.29 is 24.5 Å². The molecule has 104 valence electrons. The average Bonchev–Trinajstić information content (AvgIpc) is 2.92. The molecular weight excluding hydrogens is 270 g/mol. The number of carbonyl (C=O) groups excluding carboxylic acids is 1. The predicted molar refractivity (Wildman–Crippen MR) is 67.0 cm³/mol. The van der Waals surface area contributed by atoms with Gasteiger partial charge >= 0.3 is 5.97 Å². The Bertz CT molecular complexity index is 469. The highest BCUT2D eigenvalue weighted by atomic mass is 32.2. The summed E-state index contributed by atoms with van der Waals surface area (Å²) in [5, 5.41) is 18.6. The highest BCUT2D eigenvalue weighted by Gasteiger charge is 2.58. The van der Waals surface area contributed by atoms with Crippen molar-refractivity contribution in [3.63, 3.8) is 0 Å². The highest BCUT2D eigenvalue weighted by molar-refractivity contribution is 8.04. The topological polar surface area (TPSA) is 87.1 Å². The minimum absolute atomic E-state index is 0.0452. The number of rotatable bonds is 3. The van der Waals surface area contributed by atoms with E-state index in [0.717, 1.165) is 12.8 Å². The van der Waals surface area contributed by atoms with Gasteiger partial charge in [0.25, 0.3) is 0 Å². The first-order valence-electron chi connectivity index (χ1n) is 6.29. The summed E-state index contributed by atoms with van der Waals surface area (Å²) in [6.07, 6.45) is 0.706. The Kier molecular flexibility index (Phi) is 3.07. The van der Waals surface area contributed by atoms with Crippen LogP contribution >= 0.6 is 11.8 Å². The van der Waals surface area contributed by atoms with E-state index in [0.29, 0.717) is 11.5 Å². The monoisotopic (exact) mass is 285 g/mol. The van der Waals surface area contributed by atoms with E-state index >= 15 is 0 Å². The van der Waals surface area contributed by atoms with Crippen LogP contribution in [0.25, 0.3) is 0 Å². The predicted octanol–water partition coefficient (Wildman–Crippen LogP) is 0.374. The molecule has 0 unspecified atom stereocenters. The molecule has 0 spiro atoms. The first-order chi connectivity index (χ1) is 9.02. The van der Waals surface area contributed by atoms with Gasteiger partial charge in [0.05, 0.1) is 18.1 Å². The number of β-lactam (4-membered cyclic amide) rings is 1. The van der Waals surface area contributed by atoms with Crippen molar-refractivity contribution >= 4 is 23.6 Å². The summed E-state index contributed by atoms with van der Waals surface area (Å²) < 4.78 is 5.53. The second-order valence-corrected chi connectivity index (χ2v) is 6.16. The van der Waals surface area contributed by atoms with Crippen LogP contribution in [0.3, 0.4) is 0 Å². The number of thioether (sulfide) groups is 1. The lowest BCUT2D eigenvalue weighted by Crippen LogP contribution is -2.60. The van der Waals surface area contributed by atoms with Gasteiger partial charge in [0.2, 0.25) is 5.91 Å². The number of nitrogens with zero attached hydrogens (tertiary/aromatic N) is 1. The molecule has 0 radical (unpaired) electrons. The number of carboxylic acids is 1. The zero-order valence-corrected chi connectivity index (χ0v) is 11.2. The van der Waals surface area contributed by atoms with Crippen LogP contribution in [0.1, 0.15) is 19.8 Å². The Morgan fingerprint density at radius 3 is 2.84 bits per heavy atom. The number of aliphatic hydroxyl groups is 1. The maximum absolute atomic E-state index is 12.0. The zero-order valence-electron chi connectivity index (χ0n) is 10.4. The number of carboxylic acid groups (broad SMARTS) is 1. The standard InChI is InChI=1S/C12H15NO5S/c1-5(14)7-10(15)13-8(12(16)17)9(19-11(7)13)6-3-2-4-18-6/h5-7,11,14H,2-4H2,1H3,(H,16,17)/t5-,6+,7+,11+/m0/s1. The van der Waals surface area contributed by atoms with Crippen LogP contribution in [0.5, 0.6) is 0 Å². The van der Waals surface area contributed by atoms with Gasteiger partial charge in [-0.15, -0.1) is 0 Å². The molecule has 3 aliphatic heterocycles. The molecule has 1 amide bonds. The fourth-order valence-corrected chi connectivity index (χ4v) is 4.52. The summed E-state index contributed by atoms with van der Waals surface area (Å²) in [6.45, 7) is 2.19. The van der Waals surface area contributed by atoms with Crippen LogP contribution < -0.4 is 0 Å². The lowest BCUT2D eigenvalue weighted by atomic mass is 9.92. The number of hydrogen-bond acceptors (Lipinski definition) is 5. The average molecular weight is 285 g/mol. The molecule has 0 aromatic rings. The van der Waals surface area contributed by atoms with E-state index in [2.05, 4.69) is 0 Å². The molecule has 2 N–H and O–H groups in total. The van der Waals surface area contributed by atoms with Gasteiger partial charge in [0.15, 0.2) is 0 Å². The second-order valence-electron chi connectivity index (χ2n) is 5.00. The molecule has 2 saturated heterocycles. The third-order valence-corrected chi connectivity index (χ3v) is 5.21. The van der Waals surface area contributed by atoms with E-state index in [1.165, 1.54) is 16.7 Å². The lowest BCUT2D eigenvalue weighted by Gasteiger charge is -2.43. The number of fused-ring (bicyclic) bond motifs is 1. The molecule has 19 heavy (non-hydrogen) atoms. The molecule has 6 nitrogen and oxygen atoms in total. The molecule has 0 aliphatic carbocycles. The van der Waals surface area contributed by atoms with E-state index in [4.69, 9.17) is 4.74 Å². The van der Waals surface area contributed by atoms with Gasteiger partial charge in [-0.1, -0.05) is 11.8 Å². The largest absolute Gasteiger partial charge is 0.477 e. The van der Waals surface area contributed by atoms with Crippen molar-refractivity contribution in [1.29, 1.82) is 0 Å². The maximum atomic E-state index is 12.0. The van der Waals surface area contributed by atoms with Crippen LogP contribution in [0, 0.1) is 5.92 Å². The molecule has 0 bridgehead atoms. The Balaban J connectivity index is 1.91. The second kappa shape index (κ2) is 4.50. The molecule has 3 aliphatic rings. The van der Waals surface area contributed by atoms with Crippen molar-refractivity contribution in [2.45, 2.75) is 37.3 Å². The Morgan fingerprint density at radius 2 is 2.32 bits per heavy atom. The van der Waals surface area contributed by atoms with Gasteiger partial charge < -0.3 is 14.9 Å².